The molecule has 1 aromatic rings. The molecule has 1 rings (SSSR count). The first kappa shape index (κ1) is 12.0. The zero-order valence-corrected chi connectivity index (χ0v) is 8.98. The number of hydrogen-bond acceptors (Lipinski definition) is 3. The number of carboxylic acid groups (broad SMARTS) is 2. The first-order valence-electron chi connectivity index (χ1n) is 4.69. The molecule has 0 aliphatic carbocycles. The summed E-state index contributed by atoms with van der Waals surface area (Å²) in [6, 6.07) is 2.52. The highest BCUT2D eigenvalue weighted by atomic mass is 16.5. The van der Waals surface area contributed by atoms with Crippen LogP contribution in [0.25, 0.3) is 0 Å². The van der Waals surface area contributed by atoms with Crippen LogP contribution < -0.4 is 4.74 Å². The van der Waals surface area contributed by atoms with Gasteiger partial charge in [-0.2, -0.15) is 0 Å². The first-order chi connectivity index (χ1) is 7.52. The lowest BCUT2D eigenvalue weighted by molar-refractivity contribution is 0.0676. The summed E-state index contributed by atoms with van der Waals surface area (Å²) in [5.41, 5.74) is 0.448. The second-order valence-electron chi connectivity index (χ2n) is 3.14. The Kier molecular flexibility index (Phi) is 3.50. The van der Waals surface area contributed by atoms with Crippen LogP contribution in [-0.4, -0.2) is 29.3 Å². The molecule has 0 aromatic heterocycles. The highest BCUT2D eigenvalue weighted by Gasteiger charge is 2.20. The number of ether oxygens (including phenoxy) is 1. The standard InChI is InChI=1S/C11H12O5/c1-3-6-7(10(12)13)4-5-8(11(14)15)9(6)16-2/h4-5H,3H2,1-2H3,(H,12,13)(H,14,15). The minimum absolute atomic E-state index is 0.0237. The van der Waals surface area contributed by atoms with Gasteiger partial charge in [0.05, 0.1) is 12.7 Å². The molecule has 1 aromatic carbocycles. The highest BCUT2D eigenvalue weighted by molar-refractivity contribution is 5.96. The topological polar surface area (TPSA) is 83.8 Å². The van der Waals surface area contributed by atoms with Gasteiger partial charge in [0.2, 0.25) is 0 Å². The van der Waals surface area contributed by atoms with Gasteiger partial charge in [0.1, 0.15) is 11.3 Å². The molecular weight excluding hydrogens is 212 g/mol. The predicted molar refractivity (Wildman–Crippen MR) is 56.3 cm³/mol. The molecule has 0 amide bonds. The maximum atomic E-state index is 10.9. The molecule has 2 N–H and O–H groups in total. The highest BCUT2D eigenvalue weighted by Crippen LogP contribution is 2.28. The van der Waals surface area contributed by atoms with E-state index in [-0.39, 0.29) is 16.9 Å². The maximum Gasteiger partial charge on any atom is 0.339 e. The number of carboxylic acids is 2. The number of benzene rings is 1. The fraction of sp³-hybridized carbons (Fsp3) is 0.273. The molecule has 0 bridgehead atoms. The minimum Gasteiger partial charge on any atom is -0.496 e. The van der Waals surface area contributed by atoms with E-state index in [0.29, 0.717) is 12.0 Å². The van der Waals surface area contributed by atoms with Crippen molar-refractivity contribution in [2.45, 2.75) is 13.3 Å². The van der Waals surface area contributed by atoms with Gasteiger partial charge in [0.15, 0.2) is 0 Å². The fourth-order valence-electron chi connectivity index (χ4n) is 1.58. The molecule has 0 unspecified atom stereocenters. The summed E-state index contributed by atoms with van der Waals surface area (Å²) in [6.07, 6.45) is 0.395. The molecule has 5 nitrogen and oxygen atoms in total. The molecule has 0 aliphatic rings. The van der Waals surface area contributed by atoms with Crippen molar-refractivity contribution in [3.63, 3.8) is 0 Å². The second-order valence-corrected chi connectivity index (χ2v) is 3.14. The lowest BCUT2D eigenvalue weighted by Crippen LogP contribution is -2.09. The van der Waals surface area contributed by atoms with Crippen LogP contribution in [0.3, 0.4) is 0 Å². The van der Waals surface area contributed by atoms with Gasteiger partial charge in [-0.25, -0.2) is 9.59 Å². The average molecular weight is 224 g/mol. The van der Waals surface area contributed by atoms with Crippen molar-refractivity contribution in [3.05, 3.63) is 28.8 Å². The predicted octanol–water partition coefficient (Wildman–Crippen LogP) is 1.65. The Morgan fingerprint density at radius 1 is 1.19 bits per heavy atom. The van der Waals surface area contributed by atoms with Gasteiger partial charge in [-0.15, -0.1) is 0 Å². The molecule has 0 saturated carbocycles. The smallest absolute Gasteiger partial charge is 0.339 e. The van der Waals surface area contributed by atoms with Crippen molar-refractivity contribution in [2.24, 2.45) is 0 Å². The lowest BCUT2D eigenvalue weighted by Gasteiger charge is -2.12. The van der Waals surface area contributed by atoms with Crippen LogP contribution in [-0.2, 0) is 6.42 Å². The Morgan fingerprint density at radius 3 is 2.06 bits per heavy atom. The summed E-state index contributed by atoms with van der Waals surface area (Å²) in [6.45, 7) is 1.75. The molecule has 0 spiro atoms. The monoisotopic (exact) mass is 224 g/mol. The third-order valence-corrected chi connectivity index (χ3v) is 2.28. The fourth-order valence-corrected chi connectivity index (χ4v) is 1.58. The SMILES string of the molecule is CCc1c(C(=O)O)ccc(C(=O)O)c1OC. The van der Waals surface area contributed by atoms with E-state index in [1.807, 2.05) is 0 Å². The van der Waals surface area contributed by atoms with E-state index < -0.39 is 11.9 Å². The van der Waals surface area contributed by atoms with Gasteiger partial charge >= 0.3 is 11.9 Å². The summed E-state index contributed by atoms with van der Waals surface area (Å²) in [5, 5.41) is 17.9. The lowest BCUT2D eigenvalue weighted by atomic mass is 10.00. The first-order valence-corrected chi connectivity index (χ1v) is 4.69. The zero-order valence-electron chi connectivity index (χ0n) is 8.98. The van der Waals surface area contributed by atoms with Crippen LogP contribution in [0.5, 0.6) is 5.75 Å². The minimum atomic E-state index is -1.14. The average Bonchev–Trinajstić information content (AvgIpc) is 2.26. The van der Waals surface area contributed by atoms with Crippen molar-refractivity contribution < 1.29 is 24.5 Å². The van der Waals surface area contributed by atoms with E-state index in [2.05, 4.69) is 0 Å². The molecular formula is C11H12O5. The van der Waals surface area contributed by atoms with Gasteiger partial charge in [-0.1, -0.05) is 6.92 Å². The summed E-state index contributed by atoms with van der Waals surface area (Å²) in [7, 11) is 1.33. The molecule has 16 heavy (non-hydrogen) atoms. The number of hydrogen-bond donors (Lipinski definition) is 2. The van der Waals surface area contributed by atoms with E-state index in [0.717, 1.165) is 0 Å². The van der Waals surface area contributed by atoms with Crippen LogP contribution in [0.1, 0.15) is 33.2 Å². The van der Waals surface area contributed by atoms with E-state index in [1.54, 1.807) is 6.92 Å². The number of carbonyl (C=O) groups is 2. The van der Waals surface area contributed by atoms with Gasteiger partial charge in [0.25, 0.3) is 0 Å². The number of rotatable bonds is 4. The van der Waals surface area contributed by atoms with Crippen molar-refractivity contribution in [3.8, 4) is 5.75 Å². The van der Waals surface area contributed by atoms with Gasteiger partial charge in [-0.3, -0.25) is 0 Å². The maximum absolute atomic E-state index is 10.9. The molecule has 0 saturated heterocycles. The summed E-state index contributed by atoms with van der Waals surface area (Å²) in [5.74, 6) is -2.11. The summed E-state index contributed by atoms with van der Waals surface area (Å²) < 4.78 is 4.98. The Bertz CT molecular complexity index is 395. The molecule has 0 aliphatic heterocycles. The Hall–Kier alpha value is -2.04. The molecule has 5 heteroatoms. The van der Waals surface area contributed by atoms with E-state index in [9.17, 15) is 9.59 Å². The Balaban J connectivity index is 3.52. The largest absolute Gasteiger partial charge is 0.496 e. The molecule has 86 valence electrons. The quantitative estimate of drug-likeness (QED) is 0.812. The van der Waals surface area contributed by atoms with E-state index in [4.69, 9.17) is 14.9 Å². The van der Waals surface area contributed by atoms with Gasteiger partial charge < -0.3 is 14.9 Å². The van der Waals surface area contributed by atoms with E-state index >= 15 is 0 Å². The third kappa shape index (κ3) is 1.98. The van der Waals surface area contributed by atoms with Crippen LogP contribution in [0.2, 0.25) is 0 Å². The second kappa shape index (κ2) is 4.65. The molecule has 0 heterocycles. The molecule has 0 atom stereocenters. The van der Waals surface area contributed by atoms with Crippen LogP contribution in [0.15, 0.2) is 12.1 Å². The Morgan fingerprint density at radius 2 is 1.69 bits per heavy atom. The zero-order chi connectivity index (χ0) is 12.3. The van der Waals surface area contributed by atoms with Gasteiger partial charge in [-0.05, 0) is 18.6 Å². The summed E-state index contributed by atoms with van der Waals surface area (Å²) >= 11 is 0. The molecule has 0 radical (unpaired) electrons. The Labute approximate surface area is 92.3 Å². The van der Waals surface area contributed by atoms with Crippen molar-refractivity contribution in [2.75, 3.05) is 7.11 Å². The third-order valence-electron chi connectivity index (χ3n) is 2.28. The van der Waals surface area contributed by atoms with Crippen LogP contribution >= 0.6 is 0 Å². The molecule has 0 fully saturated rings. The van der Waals surface area contributed by atoms with Crippen molar-refractivity contribution >= 4 is 11.9 Å². The number of methoxy groups -OCH3 is 1. The van der Waals surface area contributed by atoms with Crippen LogP contribution in [0.4, 0.5) is 0 Å². The van der Waals surface area contributed by atoms with Crippen molar-refractivity contribution in [1.29, 1.82) is 0 Å². The summed E-state index contributed by atoms with van der Waals surface area (Å²) in [4.78, 5) is 21.8. The van der Waals surface area contributed by atoms with Crippen molar-refractivity contribution in [1.82, 2.24) is 0 Å². The van der Waals surface area contributed by atoms with E-state index in [1.165, 1.54) is 19.2 Å². The van der Waals surface area contributed by atoms with Crippen LogP contribution in [0, 0.1) is 0 Å². The normalized spacial score (nSPS) is 9.88. The van der Waals surface area contributed by atoms with Gasteiger partial charge in [0, 0.05) is 5.56 Å². The number of aromatic carboxylic acids is 2.